The van der Waals surface area contributed by atoms with Crippen molar-refractivity contribution in [2.75, 3.05) is 0 Å². The van der Waals surface area contributed by atoms with Gasteiger partial charge in [-0.15, -0.1) is 0 Å². The number of alkyl halides is 3. The van der Waals surface area contributed by atoms with Crippen LogP contribution in [0.4, 0.5) is 22.0 Å². The van der Waals surface area contributed by atoms with E-state index in [0.717, 1.165) is 11.1 Å². The minimum absolute atomic E-state index is 0.0469. The van der Waals surface area contributed by atoms with Crippen molar-refractivity contribution in [2.24, 2.45) is 0 Å². The zero-order chi connectivity index (χ0) is 24.0. The van der Waals surface area contributed by atoms with Gasteiger partial charge in [0.05, 0.1) is 12.1 Å². The maximum absolute atomic E-state index is 13.7. The Bertz CT molecular complexity index is 1060. The van der Waals surface area contributed by atoms with Gasteiger partial charge in [0.15, 0.2) is 0 Å². The first kappa shape index (κ1) is 24.4. The van der Waals surface area contributed by atoms with Crippen LogP contribution in [0.3, 0.4) is 0 Å². The molecule has 3 rings (SSSR count). The van der Waals surface area contributed by atoms with Crippen molar-refractivity contribution in [3.63, 3.8) is 0 Å². The number of aliphatic hydroxyl groups excluding tert-OH is 1. The molecule has 0 saturated carbocycles. The summed E-state index contributed by atoms with van der Waals surface area (Å²) in [5.41, 5.74) is -0.176. The summed E-state index contributed by atoms with van der Waals surface area (Å²) in [5, 5.41) is 13.9. The normalized spacial score (nSPS) is 13.3. The lowest BCUT2D eigenvalue weighted by Crippen LogP contribution is -2.39. The predicted octanol–water partition coefficient (Wildman–Crippen LogP) is 5.85. The van der Waals surface area contributed by atoms with Crippen LogP contribution in [-0.4, -0.2) is 17.3 Å². The summed E-state index contributed by atoms with van der Waals surface area (Å²) in [7, 11) is 0. The first-order chi connectivity index (χ1) is 15.7. The molecule has 2 atom stereocenters. The van der Waals surface area contributed by atoms with Gasteiger partial charge >= 0.3 is 6.18 Å². The van der Waals surface area contributed by atoms with Crippen LogP contribution in [0.25, 0.3) is 0 Å². The molecule has 0 bridgehead atoms. The van der Waals surface area contributed by atoms with Gasteiger partial charge in [-0.3, -0.25) is 0 Å². The first-order valence-corrected chi connectivity index (χ1v) is 10.3. The fraction of sp³-hybridized carbons (Fsp3) is 0.231. The van der Waals surface area contributed by atoms with Crippen molar-refractivity contribution in [1.29, 1.82) is 0 Å². The molecule has 0 amide bonds. The molecule has 0 spiro atoms. The van der Waals surface area contributed by atoms with E-state index in [1.807, 2.05) is 60.7 Å². The molecule has 0 aromatic heterocycles. The summed E-state index contributed by atoms with van der Waals surface area (Å²) < 4.78 is 65.4. The lowest BCUT2D eigenvalue weighted by molar-refractivity contribution is -0.142. The van der Waals surface area contributed by atoms with E-state index in [0.29, 0.717) is 12.1 Å². The molecule has 0 aliphatic rings. The lowest BCUT2D eigenvalue weighted by atomic mass is 9.97. The highest BCUT2D eigenvalue weighted by molar-refractivity contribution is 5.39. The fourth-order valence-electron chi connectivity index (χ4n) is 3.40. The molecule has 0 saturated heterocycles. The van der Waals surface area contributed by atoms with Crippen LogP contribution in [0.15, 0.2) is 72.8 Å². The number of hydrogen-bond acceptors (Lipinski definition) is 2. The summed E-state index contributed by atoms with van der Waals surface area (Å²) in [4.78, 5) is 0. The molecule has 3 aromatic carbocycles. The molecule has 7 heteroatoms. The molecule has 0 aliphatic carbocycles. The van der Waals surface area contributed by atoms with E-state index < -0.39 is 35.5 Å². The lowest BCUT2D eigenvalue weighted by Gasteiger charge is -2.26. The average Bonchev–Trinajstić information content (AvgIpc) is 2.77. The molecule has 0 aliphatic heterocycles. The number of halogens is 5. The van der Waals surface area contributed by atoms with Crippen molar-refractivity contribution in [3.8, 4) is 11.8 Å². The van der Waals surface area contributed by atoms with Crippen LogP contribution in [0.5, 0.6) is 0 Å². The van der Waals surface area contributed by atoms with Crippen molar-refractivity contribution in [2.45, 2.75) is 37.7 Å². The van der Waals surface area contributed by atoms with Gasteiger partial charge in [0.1, 0.15) is 17.2 Å². The van der Waals surface area contributed by atoms with Gasteiger partial charge in [0, 0.05) is 18.0 Å². The van der Waals surface area contributed by atoms with E-state index in [2.05, 4.69) is 17.2 Å². The van der Waals surface area contributed by atoms with Gasteiger partial charge in [-0.2, -0.15) is 13.2 Å². The molecule has 0 heterocycles. The highest BCUT2D eigenvalue weighted by Gasteiger charge is 2.37. The zero-order valence-corrected chi connectivity index (χ0v) is 17.7. The Morgan fingerprint density at radius 1 is 0.879 bits per heavy atom. The van der Waals surface area contributed by atoms with E-state index >= 15 is 0 Å². The molecule has 3 aromatic rings. The summed E-state index contributed by atoms with van der Waals surface area (Å²) in [6, 6.07) is 19.8. The first-order valence-electron chi connectivity index (χ1n) is 10.3. The Labute approximate surface area is 189 Å². The Balaban J connectivity index is 1.71. The van der Waals surface area contributed by atoms with Crippen molar-refractivity contribution < 1.29 is 27.1 Å². The fourth-order valence-corrected chi connectivity index (χ4v) is 3.40. The van der Waals surface area contributed by atoms with E-state index in [-0.39, 0.29) is 18.0 Å². The molecule has 33 heavy (non-hydrogen) atoms. The predicted molar refractivity (Wildman–Crippen MR) is 116 cm³/mol. The number of aliphatic hydroxyl groups is 1. The second-order valence-electron chi connectivity index (χ2n) is 7.60. The van der Waals surface area contributed by atoms with Crippen LogP contribution in [0.1, 0.15) is 41.6 Å². The minimum atomic E-state index is -5.13. The van der Waals surface area contributed by atoms with E-state index in [4.69, 9.17) is 0 Å². The number of nitrogens with one attached hydrogen (secondary N) is 1. The Morgan fingerprint density at radius 3 is 1.82 bits per heavy atom. The van der Waals surface area contributed by atoms with Gasteiger partial charge in [-0.05, 0) is 30.2 Å². The molecule has 0 radical (unpaired) electrons. The standard InChI is InChI=1S/C26H22F5NO/c1-17(32-25(19-10-4-2-5-11-19)20-12-6-3-7-13-20)23(33)14-8-9-18-15-21(27)24(22(28)16-18)26(29,30)31/h2-7,10-13,15-17,23,25,32-33H,14H2,1H3/t17-,23-/m0/s1. The van der Waals surface area contributed by atoms with E-state index in [1.165, 1.54) is 0 Å². The van der Waals surface area contributed by atoms with Crippen molar-refractivity contribution >= 4 is 0 Å². The molecule has 0 fully saturated rings. The van der Waals surface area contributed by atoms with E-state index in [9.17, 15) is 27.1 Å². The SMILES string of the molecule is C[C@H](NC(c1ccccc1)c1ccccc1)[C@@H](O)CC#Cc1cc(F)c(C(F)(F)F)c(F)c1. The highest BCUT2D eigenvalue weighted by Crippen LogP contribution is 2.33. The second kappa shape index (κ2) is 10.6. The summed E-state index contributed by atoms with van der Waals surface area (Å²) >= 11 is 0. The van der Waals surface area contributed by atoms with Gasteiger partial charge in [-0.25, -0.2) is 8.78 Å². The molecule has 2 N–H and O–H groups in total. The summed E-state index contributed by atoms with van der Waals surface area (Å²) in [6.07, 6.45) is -6.11. The summed E-state index contributed by atoms with van der Waals surface area (Å²) in [6.45, 7) is 1.78. The smallest absolute Gasteiger partial charge is 0.391 e. The largest absolute Gasteiger partial charge is 0.422 e. The highest BCUT2D eigenvalue weighted by atomic mass is 19.4. The quantitative estimate of drug-likeness (QED) is 0.358. The Kier molecular flexibility index (Phi) is 7.85. The van der Waals surface area contributed by atoms with Gasteiger partial charge in [0.2, 0.25) is 0 Å². The number of hydrogen-bond donors (Lipinski definition) is 2. The molecule has 2 nitrogen and oxygen atoms in total. The third kappa shape index (κ3) is 6.41. The van der Waals surface area contributed by atoms with Crippen LogP contribution in [-0.2, 0) is 6.18 Å². The maximum atomic E-state index is 13.7. The molecular weight excluding hydrogens is 437 g/mol. The monoisotopic (exact) mass is 459 g/mol. The third-order valence-corrected chi connectivity index (χ3v) is 5.14. The van der Waals surface area contributed by atoms with Crippen molar-refractivity contribution in [1.82, 2.24) is 5.32 Å². The Hall–Kier alpha value is -3.21. The molecular formula is C26H22F5NO. The molecule has 172 valence electrons. The van der Waals surface area contributed by atoms with Crippen LogP contribution in [0.2, 0.25) is 0 Å². The molecule has 0 unspecified atom stereocenters. The van der Waals surface area contributed by atoms with Crippen molar-refractivity contribution in [3.05, 3.63) is 107 Å². The third-order valence-electron chi connectivity index (χ3n) is 5.14. The minimum Gasteiger partial charge on any atom is -0.391 e. The van der Waals surface area contributed by atoms with Crippen LogP contribution >= 0.6 is 0 Å². The zero-order valence-electron chi connectivity index (χ0n) is 17.7. The summed E-state index contributed by atoms with van der Waals surface area (Å²) in [5.74, 6) is 1.56. The average molecular weight is 459 g/mol. The number of rotatable bonds is 6. The van der Waals surface area contributed by atoms with Gasteiger partial charge < -0.3 is 10.4 Å². The topological polar surface area (TPSA) is 32.3 Å². The van der Waals surface area contributed by atoms with Crippen LogP contribution < -0.4 is 5.32 Å². The van der Waals surface area contributed by atoms with Crippen LogP contribution in [0, 0.1) is 23.5 Å². The Morgan fingerprint density at radius 2 is 1.36 bits per heavy atom. The van der Waals surface area contributed by atoms with Gasteiger partial charge in [-0.1, -0.05) is 72.5 Å². The van der Waals surface area contributed by atoms with E-state index in [1.54, 1.807) is 6.92 Å². The van der Waals surface area contributed by atoms with Gasteiger partial charge in [0.25, 0.3) is 0 Å². The second-order valence-corrected chi connectivity index (χ2v) is 7.60. The maximum Gasteiger partial charge on any atom is 0.422 e. The number of benzene rings is 3.